The van der Waals surface area contributed by atoms with Crippen LogP contribution >= 0.6 is 0 Å². The van der Waals surface area contributed by atoms with E-state index >= 15 is 0 Å². The summed E-state index contributed by atoms with van der Waals surface area (Å²) >= 11 is 0. The standard InChI is InChI=1S/C45H56N8O5/c46-38(37-6-1-2-7-40(37)54)25-39(43(47)48)52-27-34-10-11-35(28-52)53(34)33-5-3-4-29(24-33)26-50-20-16-32(17-21-50)45(57)51-22-18-31(19-23-51)30-8-12-36(13-9-30)58-41-14-15-42(55)49-44(41)56/h1-9,12-13,24-25,31-32,34-35,41,54H,10-11,14-23,26-28,46-48H2,(H,49,55,56)/b38-25-. The molecule has 306 valence electrons. The van der Waals surface area contributed by atoms with Crippen LogP contribution in [0.25, 0.3) is 5.70 Å². The third-order valence-electron chi connectivity index (χ3n) is 12.8. The number of piperazine rings is 1. The van der Waals surface area contributed by atoms with Crippen LogP contribution in [0.3, 0.4) is 0 Å². The van der Waals surface area contributed by atoms with Crippen LogP contribution in [-0.4, -0.2) is 95.0 Å². The summed E-state index contributed by atoms with van der Waals surface area (Å²) in [5, 5.41) is 12.7. The zero-order chi connectivity index (χ0) is 40.3. The number of para-hydroxylation sites is 1. The predicted molar refractivity (Wildman–Crippen MR) is 223 cm³/mol. The minimum atomic E-state index is -0.645. The van der Waals surface area contributed by atoms with E-state index < -0.39 is 6.10 Å². The van der Waals surface area contributed by atoms with Gasteiger partial charge in [-0.2, -0.15) is 0 Å². The number of benzene rings is 3. The summed E-state index contributed by atoms with van der Waals surface area (Å²) in [4.78, 5) is 46.5. The lowest BCUT2D eigenvalue weighted by molar-refractivity contribution is -0.139. The van der Waals surface area contributed by atoms with E-state index in [-0.39, 0.29) is 35.7 Å². The van der Waals surface area contributed by atoms with Crippen molar-refractivity contribution in [1.29, 1.82) is 0 Å². The number of piperidine rings is 3. The minimum absolute atomic E-state index is 0.0693. The third-order valence-corrected chi connectivity index (χ3v) is 12.8. The number of rotatable bonds is 10. The number of hydrogen-bond acceptors (Lipinski definition) is 11. The number of allylic oxidation sites excluding steroid dienone is 1. The van der Waals surface area contributed by atoms with Gasteiger partial charge in [0.1, 0.15) is 17.3 Å². The first-order valence-electron chi connectivity index (χ1n) is 20.8. The van der Waals surface area contributed by atoms with Gasteiger partial charge in [-0.3, -0.25) is 24.6 Å². The zero-order valence-electron chi connectivity index (χ0n) is 33.1. The van der Waals surface area contributed by atoms with E-state index in [2.05, 4.69) is 61.3 Å². The van der Waals surface area contributed by atoms with E-state index in [1.165, 1.54) is 16.8 Å². The van der Waals surface area contributed by atoms with Crippen LogP contribution in [0.15, 0.2) is 90.4 Å². The number of nitrogens with two attached hydrogens (primary N) is 3. The second-order valence-corrected chi connectivity index (χ2v) is 16.6. The Hall–Kier alpha value is -5.69. The Morgan fingerprint density at radius 3 is 2.19 bits per heavy atom. The smallest absolute Gasteiger partial charge is 0.267 e. The summed E-state index contributed by atoms with van der Waals surface area (Å²) in [6.07, 6.45) is 7.58. The molecule has 5 saturated heterocycles. The Bertz CT molecular complexity index is 2040. The van der Waals surface area contributed by atoms with Crippen LogP contribution in [0.4, 0.5) is 5.69 Å². The van der Waals surface area contributed by atoms with Crippen LogP contribution in [0.2, 0.25) is 0 Å². The molecular formula is C45H56N8O5. The molecule has 0 aliphatic carbocycles. The Morgan fingerprint density at radius 2 is 1.52 bits per heavy atom. The lowest BCUT2D eigenvalue weighted by atomic mass is 9.88. The largest absolute Gasteiger partial charge is 0.507 e. The van der Waals surface area contributed by atoms with E-state index in [4.69, 9.17) is 21.9 Å². The summed E-state index contributed by atoms with van der Waals surface area (Å²) in [5.74, 6) is 1.06. The van der Waals surface area contributed by atoms with Crippen molar-refractivity contribution in [3.05, 3.63) is 107 Å². The summed E-state index contributed by atoms with van der Waals surface area (Å²) in [6.45, 7) is 5.74. The molecule has 8 rings (SSSR count). The van der Waals surface area contributed by atoms with Crippen molar-refractivity contribution >= 4 is 29.1 Å². The van der Waals surface area contributed by atoms with Gasteiger partial charge in [-0.15, -0.1) is 0 Å². The molecule has 0 radical (unpaired) electrons. The highest BCUT2D eigenvalue weighted by molar-refractivity contribution is 5.99. The lowest BCUT2D eigenvalue weighted by Gasteiger charge is -2.44. The van der Waals surface area contributed by atoms with Crippen molar-refractivity contribution in [1.82, 2.24) is 20.0 Å². The molecule has 3 aromatic carbocycles. The normalized spacial score (nSPS) is 23.5. The van der Waals surface area contributed by atoms with E-state index in [9.17, 15) is 19.5 Å². The van der Waals surface area contributed by atoms with Crippen molar-refractivity contribution in [3.63, 3.8) is 0 Å². The van der Waals surface area contributed by atoms with Gasteiger partial charge in [0.2, 0.25) is 11.8 Å². The summed E-state index contributed by atoms with van der Waals surface area (Å²) < 4.78 is 5.85. The summed E-state index contributed by atoms with van der Waals surface area (Å²) in [6, 6.07) is 24.5. The molecule has 0 aromatic heterocycles. The molecule has 13 nitrogen and oxygen atoms in total. The SMILES string of the molecule is NC(N)=C(/C=C(\N)c1ccccc1O)N1CC2CCC(C1)N2c1cccc(CN2CCC(C(=O)N3CCC(c4ccc(OC5CCC(=O)NC5=O)cc4)CC3)CC2)c1. The van der Waals surface area contributed by atoms with Crippen LogP contribution in [0.1, 0.15) is 74.0 Å². The van der Waals surface area contributed by atoms with Crippen molar-refractivity contribution in [2.75, 3.05) is 44.2 Å². The van der Waals surface area contributed by atoms with Gasteiger partial charge in [0, 0.05) is 80.5 Å². The Morgan fingerprint density at radius 1 is 0.810 bits per heavy atom. The molecule has 0 spiro atoms. The fourth-order valence-electron chi connectivity index (χ4n) is 9.69. The van der Waals surface area contributed by atoms with Crippen molar-refractivity contribution in [2.24, 2.45) is 23.1 Å². The number of hydrogen-bond donors (Lipinski definition) is 5. The fourth-order valence-corrected chi connectivity index (χ4v) is 9.69. The number of carbonyl (C=O) groups is 3. The van der Waals surface area contributed by atoms with Crippen LogP contribution in [-0.2, 0) is 20.9 Å². The number of likely N-dealkylation sites (tertiary alicyclic amines) is 3. The number of nitrogens with one attached hydrogen (secondary N) is 1. The van der Waals surface area contributed by atoms with E-state index in [1.54, 1.807) is 24.3 Å². The molecule has 3 atom stereocenters. The topological polar surface area (TPSA) is 184 Å². The van der Waals surface area contributed by atoms with Crippen molar-refractivity contribution in [2.45, 2.75) is 82.0 Å². The Labute approximate surface area is 340 Å². The third kappa shape index (κ3) is 8.59. The monoisotopic (exact) mass is 788 g/mol. The fraction of sp³-hybridized carbons (Fsp3) is 0.444. The number of anilines is 1. The highest BCUT2D eigenvalue weighted by Gasteiger charge is 2.41. The highest BCUT2D eigenvalue weighted by atomic mass is 16.5. The van der Waals surface area contributed by atoms with Crippen LogP contribution in [0, 0.1) is 5.92 Å². The molecule has 3 aromatic rings. The molecule has 5 aliphatic heterocycles. The van der Waals surface area contributed by atoms with E-state index in [0.29, 0.717) is 53.0 Å². The minimum Gasteiger partial charge on any atom is -0.507 e. The van der Waals surface area contributed by atoms with E-state index in [0.717, 1.165) is 84.3 Å². The van der Waals surface area contributed by atoms with Gasteiger partial charge < -0.3 is 41.7 Å². The molecule has 3 unspecified atom stereocenters. The molecule has 5 aliphatic rings. The second kappa shape index (κ2) is 17.0. The first kappa shape index (κ1) is 39.2. The number of carbonyl (C=O) groups excluding carboxylic acids is 3. The van der Waals surface area contributed by atoms with Gasteiger partial charge in [0.25, 0.3) is 5.91 Å². The average Bonchev–Trinajstić information content (AvgIpc) is 3.50. The maximum Gasteiger partial charge on any atom is 0.267 e. The molecule has 5 heterocycles. The molecule has 58 heavy (non-hydrogen) atoms. The molecule has 5 fully saturated rings. The van der Waals surface area contributed by atoms with Crippen LogP contribution < -0.4 is 32.2 Å². The number of imide groups is 1. The molecule has 13 heteroatoms. The van der Waals surface area contributed by atoms with Gasteiger partial charge in [-0.1, -0.05) is 36.4 Å². The Kier molecular flexibility index (Phi) is 11.5. The maximum atomic E-state index is 13.7. The second-order valence-electron chi connectivity index (χ2n) is 16.6. The molecule has 3 amide bonds. The summed E-state index contributed by atoms with van der Waals surface area (Å²) in [7, 11) is 0. The van der Waals surface area contributed by atoms with Crippen molar-refractivity contribution < 1.29 is 24.2 Å². The molecule has 2 bridgehead atoms. The maximum absolute atomic E-state index is 13.7. The molecular weight excluding hydrogens is 733 g/mol. The predicted octanol–water partition coefficient (Wildman–Crippen LogP) is 3.93. The number of ether oxygens (including phenoxy) is 1. The lowest BCUT2D eigenvalue weighted by Crippen LogP contribution is -2.54. The highest BCUT2D eigenvalue weighted by Crippen LogP contribution is 2.38. The first-order chi connectivity index (χ1) is 28.1. The van der Waals surface area contributed by atoms with Gasteiger partial charge in [0.05, 0.1) is 5.70 Å². The summed E-state index contributed by atoms with van der Waals surface area (Å²) in [5.41, 5.74) is 24.3. The van der Waals surface area contributed by atoms with Gasteiger partial charge >= 0.3 is 0 Å². The number of fused-ring (bicyclic) bond motifs is 2. The van der Waals surface area contributed by atoms with Gasteiger partial charge in [0.15, 0.2) is 6.10 Å². The van der Waals surface area contributed by atoms with Gasteiger partial charge in [-0.25, -0.2) is 0 Å². The average molecular weight is 789 g/mol. The zero-order valence-corrected chi connectivity index (χ0v) is 33.1. The number of aromatic hydroxyl groups is 1. The first-order valence-corrected chi connectivity index (χ1v) is 20.8. The number of phenolic OH excluding ortho intramolecular Hbond substituents is 1. The van der Waals surface area contributed by atoms with Crippen LogP contribution in [0.5, 0.6) is 11.5 Å². The quantitative estimate of drug-likeness (QED) is 0.148. The number of phenols is 1. The van der Waals surface area contributed by atoms with Gasteiger partial charge in [-0.05, 0) is 111 Å². The molecule has 8 N–H and O–H groups in total. The van der Waals surface area contributed by atoms with E-state index in [1.807, 2.05) is 18.2 Å². The Balaban J connectivity index is 0.803. The number of nitrogens with zero attached hydrogens (tertiary/aromatic N) is 4. The molecule has 0 saturated carbocycles. The number of amides is 3. The van der Waals surface area contributed by atoms with Crippen molar-refractivity contribution in [3.8, 4) is 11.5 Å².